The number of ether oxygens (including phenoxy) is 1. The predicted octanol–water partition coefficient (Wildman–Crippen LogP) is 1.80. The van der Waals surface area contributed by atoms with Crippen molar-refractivity contribution in [3.63, 3.8) is 0 Å². The van der Waals surface area contributed by atoms with Crippen molar-refractivity contribution in [1.29, 1.82) is 0 Å². The molecule has 0 aromatic heterocycles. The molecule has 2 saturated heterocycles. The first kappa shape index (κ1) is 11.1. The van der Waals surface area contributed by atoms with E-state index in [1.54, 1.807) is 7.11 Å². The van der Waals surface area contributed by atoms with E-state index in [-0.39, 0.29) is 0 Å². The molecule has 3 atom stereocenters. The number of aliphatic hydroxyl groups is 1. The molecule has 2 bridgehead atoms. The van der Waals surface area contributed by atoms with Gasteiger partial charge in [0.05, 0.1) is 12.7 Å². The Bertz CT molecular complexity index is 406. The molecule has 1 aromatic rings. The second kappa shape index (κ2) is 4.00. The third-order valence-corrected chi connectivity index (χ3v) is 4.11. The Kier molecular flexibility index (Phi) is 2.60. The van der Waals surface area contributed by atoms with Gasteiger partial charge in [-0.3, -0.25) is 0 Å². The molecule has 2 fully saturated rings. The lowest BCUT2D eigenvalue weighted by atomic mass is 9.81. The lowest BCUT2D eigenvalue weighted by Crippen LogP contribution is -2.46. The minimum absolute atomic E-state index is 0.462. The van der Waals surface area contributed by atoms with Crippen LogP contribution in [-0.4, -0.2) is 24.3 Å². The van der Waals surface area contributed by atoms with Gasteiger partial charge in [0.2, 0.25) is 0 Å². The Morgan fingerprint density at radius 2 is 1.88 bits per heavy atom. The van der Waals surface area contributed by atoms with E-state index in [2.05, 4.69) is 5.32 Å². The molecule has 0 amide bonds. The van der Waals surface area contributed by atoms with Crippen molar-refractivity contribution in [3.05, 3.63) is 29.8 Å². The maximum absolute atomic E-state index is 10.9. The van der Waals surface area contributed by atoms with E-state index in [1.807, 2.05) is 24.3 Å². The summed E-state index contributed by atoms with van der Waals surface area (Å²) < 4.78 is 5.37. The molecule has 0 radical (unpaired) electrons. The minimum Gasteiger partial charge on any atom is -0.496 e. The summed E-state index contributed by atoms with van der Waals surface area (Å²) in [6.45, 7) is 0. The van der Waals surface area contributed by atoms with E-state index in [9.17, 15) is 5.11 Å². The van der Waals surface area contributed by atoms with Crippen molar-refractivity contribution in [2.24, 2.45) is 0 Å². The molecule has 17 heavy (non-hydrogen) atoms. The van der Waals surface area contributed by atoms with Gasteiger partial charge >= 0.3 is 0 Å². The van der Waals surface area contributed by atoms with Gasteiger partial charge in [0, 0.05) is 17.6 Å². The largest absolute Gasteiger partial charge is 0.496 e. The number of para-hydroxylation sites is 1. The molecule has 2 aliphatic heterocycles. The zero-order valence-electron chi connectivity index (χ0n) is 10.1. The van der Waals surface area contributed by atoms with Crippen LogP contribution in [0, 0.1) is 0 Å². The van der Waals surface area contributed by atoms with Crippen molar-refractivity contribution in [3.8, 4) is 5.75 Å². The highest BCUT2D eigenvalue weighted by Crippen LogP contribution is 2.43. The zero-order chi connectivity index (χ0) is 11.9. The lowest BCUT2D eigenvalue weighted by molar-refractivity contribution is -0.0132. The van der Waals surface area contributed by atoms with Crippen LogP contribution in [-0.2, 0) is 5.60 Å². The fraction of sp³-hybridized carbons (Fsp3) is 0.571. The molecule has 1 aromatic carbocycles. The van der Waals surface area contributed by atoms with Crippen LogP contribution in [0.4, 0.5) is 0 Å². The minimum atomic E-state index is -0.719. The van der Waals surface area contributed by atoms with Crippen LogP contribution in [0.25, 0.3) is 0 Å². The van der Waals surface area contributed by atoms with E-state index < -0.39 is 5.60 Å². The van der Waals surface area contributed by atoms with Gasteiger partial charge < -0.3 is 15.2 Å². The van der Waals surface area contributed by atoms with Crippen LogP contribution >= 0.6 is 0 Å². The van der Waals surface area contributed by atoms with E-state index in [0.717, 1.165) is 24.2 Å². The number of rotatable bonds is 2. The second-order valence-electron chi connectivity index (χ2n) is 5.28. The first-order valence-electron chi connectivity index (χ1n) is 6.33. The molecule has 0 spiro atoms. The first-order chi connectivity index (χ1) is 8.21. The third-order valence-electron chi connectivity index (χ3n) is 4.11. The summed E-state index contributed by atoms with van der Waals surface area (Å²) in [5.41, 5.74) is 0.227. The lowest BCUT2D eigenvalue weighted by Gasteiger charge is -2.38. The van der Waals surface area contributed by atoms with Crippen molar-refractivity contribution >= 4 is 0 Å². The number of benzene rings is 1. The molecule has 3 heteroatoms. The highest BCUT2D eigenvalue weighted by Gasteiger charge is 2.44. The molecule has 92 valence electrons. The average molecular weight is 233 g/mol. The van der Waals surface area contributed by atoms with E-state index >= 15 is 0 Å². The van der Waals surface area contributed by atoms with Gasteiger partial charge in [-0.1, -0.05) is 18.2 Å². The van der Waals surface area contributed by atoms with Crippen LogP contribution in [0.3, 0.4) is 0 Å². The molecular weight excluding hydrogens is 214 g/mol. The fourth-order valence-corrected chi connectivity index (χ4v) is 3.37. The number of hydrogen-bond donors (Lipinski definition) is 2. The Labute approximate surface area is 102 Å². The third kappa shape index (κ3) is 1.83. The molecule has 1 unspecified atom stereocenters. The maximum atomic E-state index is 10.9. The van der Waals surface area contributed by atoms with E-state index in [1.165, 1.54) is 12.8 Å². The summed E-state index contributed by atoms with van der Waals surface area (Å²) in [7, 11) is 1.66. The summed E-state index contributed by atoms with van der Waals surface area (Å²) in [5.74, 6) is 0.802. The van der Waals surface area contributed by atoms with Crippen molar-refractivity contribution in [2.45, 2.75) is 43.4 Å². The summed E-state index contributed by atoms with van der Waals surface area (Å²) in [4.78, 5) is 0. The van der Waals surface area contributed by atoms with E-state index in [0.29, 0.717) is 12.1 Å². The van der Waals surface area contributed by atoms with Crippen LogP contribution in [0.2, 0.25) is 0 Å². The SMILES string of the molecule is COc1ccccc1C1(O)C[C@H]2CC[C@@H](C1)N2. The summed E-state index contributed by atoms with van der Waals surface area (Å²) in [6, 6.07) is 8.76. The molecule has 3 rings (SSSR count). The maximum Gasteiger partial charge on any atom is 0.124 e. The normalized spacial score (nSPS) is 35.9. The van der Waals surface area contributed by atoms with Gasteiger partial charge in [0.25, 0.3) is 0 Å². The molecule has 0 aliphatic carbocycles. The molecule has 2 heterocycles. The van der Waals surface area contributed by atoms with Crippen LogP contribution in [0.1, 0.15) is 31.2 Å². The standard InChI is InChI=1S/C14H19NO2/c1-17-13-5-3-2-4-12(13)14(16)8-10-6-7-11(9-14)15-10/h2-5,10-11,15-16H,6-9H2,1H3/t10-,11+,14?. The highest BCUT2D eigenvalue weighted by molar-refractivity contribution is 5.39. The molecule has 3 nitrogen and oxygen atoms in total. The summed E-state index contributed by atoms with van der Waals surface area (Å²) >= 11 is 0. The van der Waals surface area contributed by atoms with Crippen molar-refractivity contribution in [2.75, 3.05) is 7.11 Å². The Morgan fingerprint density at radius 3 is 2.53 bits per heavy atom. The van der Waals surface area contributed by atoms with Gasteiger partial charge in [-0.05, 0) is 31.7 Å². The Balaban J connectivity index is 1.96. The smallest absolute Gasteiger partial charge is 0.124 e. The second-order valence-corrected chi connectivity index (χ2v) is 5.28. The van der Waals surface area contributed by atoms with Gasteiger partial charge in [-0.15, -0.1) is 0 Å². The summed E-state index contributed by atoms with van der Waals surface area (Å²) in [5, 5.41) is 14.5. The number of hydrogen-bond acceptors (Lipinski definition) is 3. The van der Waals surface area contributed by atoms with Gasteiger partial charge in [0.15, 0.2) is 0 Å². The van der Waals surface area contributed by atoms with Crippen molar-refractivity contribution < 1.29 is 9.84 Å². The zero-order valence-corrected chi connectivity index (χ0v) is 10.1. The van der Waals surface area contributed by atoms with Crippen LogP contribution in [0.15, 0.2) is 24.3 Å². The average Bonchev–Trinajstić information content (AvgIpc) is 2.69. The van der Waals surface area contributed by atoms with Crippen molar-refractivity contribution in [1.82, 2.24) is 5.32 Å². The van der Waals surface area contributed by atoms with Gasteiger partial charge in [-0.2, -0.15) is 0 Å². The number of nitrogens with one attached hydrogen (secondary N) is 1. The molecule has 2 aliphatic rings. The highest BCUT2D eigenvalue weighted by atomic mass is 16.5. The first-order valence-corrected chi connectivity index (χ1v) is 6.33. The van der Waals surface area contributed by atoms with E-state index in [4.69, 9.17) is 4.74 Å². The van der Waals surface area contributed by atoms with Crippen LogP contribution in [0.5, 0.6) is 5.75 Å². The number of fused-ring (bicyclic) bond motifs is 2. The molecule has 2 N–H and O–H groups in total. The quantitative estimate of drug-likeness (QED) is 0.818. The number of piperidine rings is 1. The number of methoxy groups -OCH3 is 1. The van der Waals surface area contributed by atoms with Crippen LogP contribution < -0.4 is 10.1 Å². The predicted molar refractivity (Wildman–Crippen MR) is 66.1 cm³/mol. The summed E-state index contributed by atoms with van der Waals surface area (Å²) in [6.07, 6.45) is 3.96. The molecule has 0 saturated carbocycles. The monoisotopic (exact) mass is 233 g/mol. The van der Waals surface area contributed by atoms with Gasteiger partial charge in [-0.25, -0.2) is 0 Å². The molecular formula is C14H19NO2. The topological polar surface area (TPSA) is 41.5 Å². The van der Waals surface area contributed by atoms with Gasteiger partial charge in [0.1, 0.15) is 5.75 Å². The Hall–Kier alpha value is -1.06. The Morgan fingerprint density at radius 1 is 1.24 bits per heavy atom. The fourth-order valence-electron chi connectivity index (χ4n) is 3.37.